The molecule has 4 heterocycles. The van der Waals surface area contributed by atoms with Gasteiger partial charge in [-0.25, -0.2) is 9.48 Å². The molecule has 4 amide bonds. The largest absolute Gasteiger partial charge is 0.685 e. The molecule has 5 atom stereocenters. The molecule has 20 heteroatoms. The summed E-state index contributed by atoms with van der Waals surface area (Å²) >= 11 is 1.39. The maximum absolute atomic E-state index is 13.8. The van der Waals surface area contributed by atoms with Crippen LogP contribution in [0, 0.1) is 17.8 Å². The van der Waals surface area contributed by atoms with Crippen molar-refractivity contribution >= 4 is 59.1 Å². The van der Waals surface area contributed by atoms with Crippen molar-refractivity contribution in [3.05, 3.63) is 125 Å². The molecule has 2 unspecified atom stereocenters. The summed E-state index contributed by atoms with van der Waals surface area (Å²) < 4.78 is 45.8. The Morgan fingerprint density at radius 3 is 2.29 bits per heavy atom. The molecule has 73 heavy (non-hydrogen) atoms. The first-order valence-corrected chi connectivity index (χ1v) is 26.4. The average Bonchev–Trinajstić information content (AvgIpc) is 3.59. The number of aromatic nitrogens is 3. The maximum atomic E-state index is 13.8. The first kappa shape index (κ1) is 49.8. The Labute approximate surface area is 428 Å². The molecule has 4 aromatic carbocycles. The van der Waals surface area contributed by atoms with Crippen LogP contribution >= 0.6 is 11.8 Å². The summed E-state index contributed by atoms with van der Waals surface area (Å²) in [6.45, 7) is 1.43. The van der Waals surface area contributed by atoms with Crippen molar-refractivity contribution in [1.29, 1.82) is 0 Å². The van der Waals surface area contributed by atoms with Crippen LogP contribution in [0.15, 0.2) is 97.1 Å². The Kier molecular flexibility index (Phi) is 15.4. The zero-order valence-electron chi connectivity index (χ0n) is 41.1. The van der Waals surface area contributed by atoms with Crippen LogP contribution in [0.1, 0.15) is 52.1 Å². The number of carbonyl (C=O) groups is 4. The SMILES string of the molecule is COc1ccc2c(c1)O[B-]1(c3ccccc3)Oc3cc(C(=O)NCCn4nnc5c4CC[C@@H]4[C@H](CC5)[C@@H]4COC(=O)NCCOCCOCCOCCN4C(=O)CC(SC)C4=O)ccc3[N+]1=C2c1ccccc1. The van der Waals surface area contributed by atoms with Crippen LogP contribution in [-0.4, -0.2) is 145 Å². The number of carbonyl (C=O) groups excluding carboxylic acids is 4. The van der Waals surface area contributed by atoms with Gasteiger partial charge in [0.05, 0.1) is 94.4 Å². The highest BCUT2D eigenvalue weighted by molar-refractivity contribution is 8.00. The van der Waals surface area contributed by atoms with Crippen LogP contribution in [-0.2, 0) is 47.9 Å². The van der Waals surface area contributed by atoms with E-state index in [0.29, 0.717) is 99.8 Å². The van der Waals surface area contributed by atoms with Crippen LogP contribution in [0.25, 0.3) is 0 Å². The van der Waals surface area contributed by atoms with Gasteiger partial charge < -0.3 is 48.1 Å². The number of aryl methyl sites for hydroxylation is 1. The molecule has 2 N–H and O–H groups in total. The van der Waals surface area contributed by atoms with Gasteiger partial charge in [-0.05, 0) is 91.6 Å². The van der Waals surface area contributed by atoms with Crippen LogP contribution in [0.3, 0.4) is 0 Å². The Balaban J connectivity index is 0.661. The molecule has 2 aliphatic carbocycles. The van der Waals surface area contributed by atoms with Crippen LogP contribution in [0.5, 0.6) is 17.2 Å². The van der Waals surface area contributed by atoms with Crippen LogP contribution in [0.2, 0.25) is 0 Å². The zero-order valence-corrected chi connectivity index (χ0v) is 41.9. The second kappa shape index (κ2) is 22.6. The minimum Gasteiger partial charge on any atom is -0.618 e. The van der Waals surface area contributed by atoms with E-state index >= 15 is 0 Å². The van der Waals surface area contributed by atoms with Crippen molar-refractivity contribution in [3.8, 4) is 17.2 Å². The number of nitrogens with one attached hydrogen (secondary N) is 2. The molecule has 1 saturated heterocycles. The minimum atomic E-state index is -2.35. The molecule has 0 bridgehead atoms. The molecule has 5 aromatic rings. The van der Waals surface area contributed by atoms with Crippen molar-refractivity contribution in [3.63, 3.8) is 0 Å². The van der Waals surface area contributed by atoms with Crippen LogP contribution < -0.4 is 30.1 Å². The number of amides is 4. The van der Waals surface area contributed by atoms with Crippen LogP contribution in [0.4, 0.5) is 10.5 Å². The summed E-state index contributed by atoms with van der Waals surface area (Å²) in [5, 5.41) is 14.6. The normalized spacial score (nSPS) is 21.4. The Bertz CT molecular complexity index is 2850. The lowest BCUT2D eigenvalue weighted by Crippen LogP contribution is -2.66. The fraction of sp³-hybridized carbons (Fsp3) is 0.415. The number of benzene rings is 4. The molecule has 5 aliphatic rings. The molecule has 2 fully saturated rings. The van der Waals surface area contributed by atoms with Gasteiger partial charge in [-0.3, -0.25) is 19.3 Å². The fourth-order valence-corrected chi connectivity index (χ4v) is 11.3. The molecule has 18 nitrogen and oxygen atoms in total. The van der Waals surface area contributed by atoms with E-state index in [2.05, 4.69) is 37.6 Å². The van der Waals surface area contributed by atoms with Crippen molar-refractivity contribution in [2.24, 2.45) is 17.8 Å². The number of thioether (sulfide) groups is 1. The lowest BCUT2D eigenvalue weighted by molar-refractivity contribution is -0.317. The lowest BCUT2D eigenvalue weighted by Gasteiger charge is -2.37. The quantitative estimate of drug-likeness (QED) is 0.0558. The predicted octanol–water partition coefficient (Wildman–Crippen LogP) is 4.54. The number of imide groups is 1. The first-order chi connectivity index (χ1) is 35.8. The van der Waals surface area contributed by atoms with E-state index in [1.165, 1.54) is 16.7 Å². The summed E-state index contributed by atoms with van der Waals surface area (Å²) in [5.41, 5.74) is 6.96. The van der Waals surface area contributed by atoms with E-state index in [1.54, 1.807) is 13.2 Å². The summed E-state index contributed by atoms with van der Waals surface area (Å²) in [7, 11) is 1.63. The van der Waals surface area contributed by atoms with E-state index in [9.17, 15) is 19.2 Å². The number of nitrogens with zero attached hydrogens (tertiary/aromatic N) is 5. The highest BCUT2D eigenvalue weighted by Crippen LogP contribution is 2.53. The van der Waals surface area contributed by atoms with Crippen molar-refractivity contribution in [1.82, 2.24) is 30.5 Å². The van der Waals surface area contributed by atoms with Gasteiger partial charge in [0.25, 0.3) is 5.91 Å². The molecule has 1 aromatic heterocycles. The summed E-state index contributed by atoms with van der Waals surface area (Å²) in [6.07, 6.45) is 5.11. The Morgan fingerprint density at radius 2 is 1.53 bits per heavy atom. The molecule has 0 spiro atoms. The van der Waals surface area contributed by atoms with Gasteiger partial charge in [-0.2, -0.15) is 11.8 Å². The molecule has 10 rings (SSSR count). The highest BCUT2D eigenvalue weighted by Gasteiger charge is 2.59. The molecule has 3 aliphatic heterocycles. The zero-order chi connectivity index (χ0) is 50.3. The number of likely N-dealkylation sites (tertiary alicyclic amines) is 1. The fourth-order valence-electron chi connectivity index (χ4n) is 10.7. The van der Waals surface area contributed by atoms with E-state index < -0.39 is 12.8 Å². The minimum absolute atomic E-state index is 0.145. The number of alkyl carbamates (subject to hydrolysis) is 1. The number of hydrogen-bond donors (Lipinski definition) is 2. The van der Waals surface area contributed by atoms with E-state index in [0.717, 1.165) is 65.1 Å². The van der Waals surface area contributed by atoms with Crippen molar-refractivity contribution < 1.29 is 56.7 Å². The van der Waals surface area contributed by atoms with Gasteiger partial charge >= 0.3 is 12.8 Å². The third-order valence-corrected chi connectivity index (χ3v) is 15.4. The topological polar surface area (TPSA) is 194 Å². The maximum Gasteiger partial charge on any atom is 0.685 e. The van der Waals surface area contributed by atoms with E-state index in [4.69, 9.17) is 33.0 Å². The molecule has 0 radical (unpaired) electrons. The van der Waals surface area contributed by atoms with E-state index in [-0.39, 0.29) is 42.5 Å². The summed E-state index contributed by atoms with van der Waals surface area (Å²) in [5.74, 6) is 2.53. The Hall–Kier alpha value is -6.74. The first-order valence-electron chi connectivity index (χ1n) is 25.1. The standard InChI is InChI=1S/C53H60BN7O11S/c1-66-38-14-15-41-46(32-38)71-54(37-11-7-4-8-12-37)61(50(41)35-9-5-3-6-10-35)45-19-13-36(31-47(45)72-54)51(63)55-21-23-60-44-20-17-40-39(16-18-43(44)57-58-60)42(40)34-70-53(65)56-22-25-67-27-29-69-30-28-68-26-24-59-49(62)33-48(73-2)52(59)64/h3-15,19,31-32,39-40,42,48H,16-18,20-30,33-34H2,1-2H3,(H,55,63)(H,56,65)/t39-,40+,42-,48?,54?/m0/s1. The number of fused-ring (bicyclic) bond motifs is 6. The van der Waals surface area contributed by atoms with Gasteiger partial charge in [0.15, 0.2) is 11.4 Å². The van der Waals surface area contributed by atoms with Gasteiger partial charge in [0.2, 0.25) is 11.8 Å². The number of ether oxygens (including phenoxy) is 5. The van der Waals surface area contributed by atoms with Crippen molar-refractivity contribution in [2.75, 3.05) is 79.2 Å². The summed E-state index contributed by atoms with van der Waals surface area (Å²) in [6, 6.07) is 31.4. The van der Waals surface area contributed by atoms with Gasteiger partial charge in [-0.1, -0.05) is 53.7 Å². The van der Waals surface area contributed by atoms with Gasteiger partial charge in [-0.15, -0.1) is 5.10 Å². The molecular weight excluding hydrogens is 953 g/mol. The predicted molar refractivity (Wildman–Crippen MR) is 272 cm³/mol. The third kappa shape index (κ3) is 10.7. The number of hydrogen-bond acceptors (Lipinski definition) is 14. The number of rotatable bonds is 22. The lowest BCUT2D eigenvalue weighted by atomic mass is 9.61. The number of methoxy groups -OCH3 is 1. The van der Waals surface area contributed by atoms with Gasteiger partial charge in [0, 0.05) is 42.8 Å². The van der Waals surface area contributed by atoms with Gasteiger partial charge in [0.1, 0.15) is 11.5 Å². The third-order valence-electron chi connectivity index (χ3n) is 14.4. The summed E-state index contributed by atoms with van der Waals surface area (Å²) in [4.78, 5) is 51.7. The Morgan fingerprint density at radius 1 is 0.808 bits per heavy atom. The average molecular weight is 1010 g/mol. The monoisotopic (exact) mass is 1010 g/mol. The smallest absolute Gasteiger partial charge is 0.618 e. The highest BCUT2D eigenvalue weighted by atomic mass is 32.2. The van der Waals surface area contributed by atoms with Crippen molar-refractivity contribution in [2.45, 2.75) is 43.9 Å². The molecule has 382 valence electrons. The molecule has 1 saturated carbocycles. The van der Waals surface area contributed by atoms with E-state index in [1.807, 2.05) is 89.8 Å². The second-order valence-corrected chi connectivity index (χ2v) is 19.7. The second-order valence-electron chi connectivity index (χ2n) is 18.7. The molecular formula is C53H60BN7O11S.